The number of imidazole rings is 1. The summed E-state index contributed by atoms with van der Waals surface area (Å²) < 4.78 is 22.6. The highest BCUT2D eigenvalue weighted by Crippen LogP contribution is 2.29. The lowest BCUT2D eigenvalue weighted by Crippen LogP contribution is -2.12. The molecular weight excluding hydrogens is 419 g/mol. The molecule has 32 heavy (non-hydrogen) atoms. The van der Waals surface area contributed by atoms with Crippen molar-refractivity contribution in [1.82, 2.24) is 9.38 Å². The number of thiazole rings is 1. The van der Waals surface area contributed by atoms with Gasteiger partial charge in [-0.1, -0.05) is 65.2 Å². The van der Waals surface area contributed by atoms with Crippen LogP contribution in [-0.2, 0) is 6.42 Å². The maximum Gasteiger partial charge on any atom is 0.194 e. The number of ether oxygens (including phenoxy) is 1. The van der Waals surface area contributed by atoms with Crippen molar-refractivity contribution in [1.29, 1.82) is 0 Å². The van der Waals surface area contributed by atoms with Gasteiger partial charge in [-0.25, -0.2) is 9.37 Å². The fourth-order valence-corrected chi connectivity index (χ4v) is 5.07. The van der Waals surface area contributed by atoms with Gasteiger partial charge in [0.15, 0.2) is 16.5 Å². The average molecular weight is 459 g/mol. The number of rotatable bonds is 15. The predicted molar refractivity (Wildman–Crippen MR) is 134 cm³/mol. The summed E-state index contributed by atoms with van der Waals surface area (Å²) in [7, 11) is 0. The Hall–Kier alpha value is -1.88. The normalized spacial score (nSPS) is 12.5. The van der Waals surface area contributed by atoms with Crippen molar-refractivity contribution in [3.05, 3.63) is 41.3 Å². The van der Waals surface area contributed by atoms with E-state index in [-0.39, 0.29) is 11.9 Å². The van der Waals surface area contributed by atoms with E-state index in [0.29, 0.717) is 5.75 Å². The number of hydrogen-bond acceptors (Lipinski definition) is 3. The Morgan fingerprint density at radius 1 is 0.969 bits per heavy atom. The Morgan fingerprint density at radius 2 is 1.69 bits per heavy atom. The molecule has 0 spiro atoms. The van der Waals surface area contributed by atoms with Crippen LogP contribution in [0.2, 0.25) is 0 Å². The van der Waals surface area contributed by atoms with Crippen molar-refractivity contribution in [2.24, 2.45) is 0 Å². The van der Waals surface area contributed by atoms with Gasteiger partial charge in [0.1, 0.15) is 0 Å². The first-order chi connectivity index (χ1) is 15.6. The third-order valence-electron chi connectivity index (χ3n) is 6.00. The lowest BCUT2D eigenvalue weighted by molar-refractivity contribution is 0.197. The first-order valence-electron chi connectivity index (χ1n) is 12.5. The van der Waals surface area contributed by atoms with Gasteiger partial charge < -0.3 is 4.74 Å². The zero-order valence-corrected chi connectivity index (χ0v) is 20.9. The Bertz CT molecular complexity index is 917. The van der Waals surface area contributed by atoms with E-state index in [1.807, 2.05) is 19.2 Å². The number of halogens is 1. The van der Waals surface area contributed by atoms with Gasteiger partial charge in [0.25, 0.3) is 0 Å². The quantitative estimate of drug-likeness (QED) is 0.213. The summed E-state index contributed by atoms with van der Waals surface area (Å²) >= 11 is 1.74. The highest BCUT2D eigenvalue weighted by atomic mass is 32.1. The van der Waals surface area contributed by atoms with Crippen LogP contribution >= 0.6 is 11.3 Å². The van der Waals surface area contributed by atoms with E-state index in [9.17, 15) is 4.39 Å². The largest absolute Gasteiger partial charge is 0.488 e. The number of aryl methyl sites for hydroxylation is 1. The maximum absolute atomic E-state index is 14.7. The molecule has 0 radical (unpaired) electrons. The molecule has 2 aromatic heterocycles. The summed E-state index contributed by atoms with van der Waals surface area (Å²) in [5.41, 5.74) is 1.60. The van der Waals surface area contributed by atoms with E-state index in [4.69, 9.17) is 9.72 Å². The van der Waals surface area contributed by atoms with Crippen molar-refractivity contribution in [2.75, 3.05) is 0 Å². The fourth-order valence-electron chi connectivity index (χ4n) is 4.07. The molecule has 0 aliphatic rings. The summed E-state index contributed by atoms with van der Waals surface area (Å²) in [5, 5.41) is 0. The lowest BCUT2D eigenvalue weighted by Gasteiger charge is -2.15. The van der Waals surface area contributed by atoms with Crippen LogP contribution in [0.3, 0.4) is 0 Å². The Balaban J connectivity index is 1.54. The molecule has 2 heterocycles. The van der Waals surface area contributed by atoms with Crippen molar-refractivity contribution in [3.8, 4) is 17.0 Å². The molecule has 0 N–H and O–H groups in total. The molecule has 3 nitrogen and oxygen atoms in total. The van der Waals surface area contributed by atoms with Crippen molar-refractivity contribution in [3.63, 3.8) is 0 Å². The Kier molecular flexibility index (Phi) is 10.0. The number of unbranched alkanes of at least 4 members (excludes halogenated alkanes) is 8. The lowest BCUT2D eigenvalue weighted by atomic mass is 10.1. The topological polar surface area (TPSA) is 26.5 Å². The monoisotopic (exact) mass is 458 g/mol. The van der Waals surface area contributed by atoms with Crippen molar-refractivity contribution >= 4 is 16.3 Å². The molecule has 0 saturated carbocycles. The van der Waals surface area contributed by atoms with E-state index < -0.39 is 0 Å². The number of nitrogens with zero attached hydrogens (tertiary/aromatic N) is 2. The van der Waals surface area contributed by atoms with Gasteiger partial charge in [-0.05, 0) is 50.8 Å². The minimum atomic E-state index is -0.317. The van der Waals surface area contributed by atoms with Gasteiger partial charge in [0.05, 0.1) is 11.8 Å². The summed E-state index contributed by atoms with van der Waals surface area (Å²) in [5.74, 6) is 0.0158. The maximum atomic E-state index is 14.7. The summed E-state index contributed by atoms with van der Waals surface area (Å²) in [6.07, 6.45) is 19.0. The molecule has 1 atom stereocenters. The van der Waals surface area contributed by atoms with Crippen LogP contribution in [0.5, 0.6) is 5.75 Å². The molecule has 0 fully saturated rings. The van der Waals surface area contributed by atoms with E-state index in [1.165, 1.54) is 62.7 Å². The molecule has 0 bridgehead atoms. The second-order valence-corrected chi connectivity index (χ2v) is 10.0. The number of fused-ring (bicyclic) bond motifs is 1. The molecule has 5 heteroatoms. The molecule has 176 valence electrons. The minimum Gasteiger partial charge on any atom is -0.488 e. The number of benzene rings is 1. The molecule has 1 aromatic carbocycles. The van der Waals surface area contributed by atoms with Crippen molar-refractivity contribution < 1.29 is 9.13 Å². The molecule has 0 saturated heterocycles. The van der Waals surface area contributed by atoms with Crippen LogP contribution in [0.15, 0.2) is 30.6 Å². The van der Waals surface area contributed by atoms with Gasteiger partial charge in [-0.15, -0.1) is 11.3 Å². The molecule has 0 unspecified atom stereocenters. The summed E-state index contributed by atoms with van der Waals surface area (Å²) in [4.78, 5) is 7.08. The molecule has 3 aromatic rings. The second kappa shape index (κ2) is 13.0. The van der Waals surface area contributed by atoms with Gasteiger partial charge in [0.2, 0.25) is 0 Å². The number of hydrogen-bond donors (Lipinski definition) is 0. The van der Waals surface area contributed by atoms with Crippen LogP contribution in [0.4, 0.5) is 4.39 Å². The SMILES string of the molecule is CCCCCCCCc1cn2cc(-c3ccc(O[C@@H](C)CCCCCC)c(F)c3)nc2s1. The van der Waals surface area contributed by atoms with E-state index >= 15 is 0 Å². The third-order valence-corrected chi connectivity index (χ3v) is 7.06. The van der Waals surface area contributed by atoms with E-state index in [0.717, 1.165) is 35.5 Å². The van der Waals surface area contributed by atoms with Gasteiger partial charge in [-0.3, -0.25) is 4.40 Å². The van der Waals surface area contributed by atoms with Crippen LogP contribution < -0.4 is 4.74 Å². The van der Waals surface area contributed by atoms with Crippen LogP contribution in [0.1, 0.15) is 96.3 Å². The van der Waals surface area contributed by atoms with Gasteiger partial charge >= 0.3 is 0 Å². The summed E-state index contributed by atoms with van der Waals surface area (Å²) in [6, 6.07) is 5.19. The summed E-state index contributed by atoms with van der Waals surface area (Å²) in [6.45, 7) is 6.48. The first-order valence-corrected chi connectivity index (χ1v) is 13.4. The molecular formula is C27H39FN2OS. The van der Waals surface area contributed by atoms with Crippen molar-refractivity contribution in [2.45, 2.75) is 104 Å². The first kappa shape index (κ1) is 24.8. The van der Waals surface area contributed by atoms with Gasteiger partial charge in [-0.2, -0.15) is 0 Å². The Labute approximate surface area is 197 Å². The number of aromatic nitrogens is 2. The highest BCUT2D eigenvalue weighted by Gasteiger charge is 2.13. The predicted octanol–water partition coefficient (Wildman–Crippen LogP) is 8.84. The molecule has 0 aliphatic carbocycles. The highest BCUT2D eigenvalue weighted by molar-refractivity contribution is 7.17. The standard InChI is InChI=1S/C27H39FN2OS/c1-4-6-8-10-11-13-15-23-19-30-20-25(29-27(30)32-23)22-16-17-26(24(28)18-22)31-21(3)14-12-9-7-5-2/h16-21H,4-15H2,1-3H3/t21-/m0/s1. The fraction of sp³-hybridized carbons (Fsp3) is 0.593. The third kappa shape index (κ3) is 7.33. The molecule has 0 aliphatic heterocycles. The minimum absolute atomic E-state index is 0.0233. The smallest absolute Gasteiger partial charge is 0.194 e. The van der Waals surface area contributed by atoms with E-state index in [2.05, 4.69) is 24.4 Å². The molecule has 0 amide bonds. The Morgan fingerprint density at radius 3 is 2.41 bits per heavy atom. The molecule has 3 rings (SSSR count). The second-order valence-electron chi connectivity index (χ2n) is 8.95. The zero-order valence-electron chi connectivity index (χ0n) is 20.0. The van der Waals surface area contributed by atoms with E-state index in [1.54, 1.807) is 23.5 Å². The zero-order chi connectivity index (χ0) is 22.8. The van der Waals surface area contributed by atoms with Crippen LogP contribution in [0, 0.1) is 5.82 Å². The average Bonchev–Trinajstić information content (AvgIpc) is 3.34. The van der Waals surface area contributed by atoms with Gasteiger partial charge in [0, 0.05) is 22.8 Å². The van der Waals surface area contributed by atoms with Crippen LogP contribution in [-0.4, -0.2) is 15.5 Å². The van der Waals surface area contributed by atoms with Crippen LogP contribution in [0.25, 0.3) is 16.2 Å².